The molecular formula is C20H14N4O3. The first-order valence-corrected chi connectivity index (χ1v) is 8.22. The molecule has 0 aliphatic rings. The van der Waals surface area contributed by atoms with Gasteiger partial charge in [0.15, 0.2) is 0 Å². The highest BCUT2D eigenvalue weighted by molar-refractivity contribution is 6.08. The zero-order chi connectivity index (χ0) is 19.0. The van der Waals surface area contributed by atoms with Gasteiger partial charge < -0.3 is 0 Å². The number of rotatable bonds is 4. The van der Waals surface area contributed by atoms with Gasteiger partial charge in [0.1, 0.15) is 11.3 Å². The second-order valence-electron chi connectivity index (χ2n) is 6.12. The van der Waals surface area contributed by atoms with Crippen molar-refractivity contribution in [2.75, 3.05) is 0 Å². The molecule has 27 heavy (non-hydrogen) atoms. The Morgan fingerprint density at radius 3 is 2.59 bits per heavy atom. The minimum atomic E-state index is -0.495. The number of carbonyl (C=O) groups excluding carboxylic acids is 1. The van der Waals surface area contributed by atoms with Gasteiger partial charge in [0.05, 0.1) is 11.1 Å². The molecule has 7 nitrogen and oxygen atoms in total. The smallest absolute Gasteiger partial charge is 0.269 e. The maximum Gasteiger partial charge on any atom is 0.269 e. The quantitative estimate of drug-likeness (QED) is 0.314. The van der Waals surface area contributed by atoms with Crippen LogP contribution in [0.3, 0.4) is 0 Å². The van der Waals surface area contributed by atoms with Crippen molar-refractivity contribution in [1.82, 2.24) is 14.4 Å². The Bertz CT molecular complexity index is 1170. The first-order chi connectivity index (χ1) is 13.0. The Morgan fingerprint density at radius 2 is 1.93 bits per heavy atom. The van der Waals surface area contributed by atoms with Crippen LogP contribution in [0.5, 0.6) is 0 Å². The lowest BCUT2D eigenvalue weighted by molar-refractivity contribution is -0.384. The summed E-state index contributed by atoms with van der Waals surface area (Å²) in [5.41, 5.74) is 4.28. The van der Waals surface area contributed by atoms with Crippen LogP contribution >= 0.6 is 0 Å². The summed E-state index contributed by atoms with van der Waals surface area (Å²) in [5, 5.41) is 10.8. The molecule has 0 unspecified atom stereocenters. The number of fused-ring (bicyclic) bond motifs is 1. The molecule has 7 heteroatoms. The fourth-order valence-corrected chi connectivity index (χ4v) is 2.99. The fourth-order valence-electron chi connectivity index (χ4n) is 2.99. The Morgan fingerprint density at radius 1 is 1.15 bits per heavy atom. The Labute approximate surface area is 154 Å². The number of imidazole rings is 1. The molecular weight excluding hydrogens is 344 g/mol. The van der Waals surface area contributed by atoms with E-state index in [-0.39, 0.29) is 11.5 Å². The molecule has 4 rings (SSSR count). The van der Waals surface area contributed by atoms with Crippen LogP contribution in [0.2, 0.25) is 0 Å². The van der Waals surface area contributed by atoms with Crippen LogP contribution in [0, 0.1) is 17.0 Å². The van der Waals surface area contributed by atoms with Gasteiger partial charge in [0.2, 0.25) is 5.78 Å². The second-order valence-corrected chi connectivity index (χ2v) is 6.12. The van der Waals surface area contributed by atoms with E-state index in [1.807, 2.05) is 31.3 Å². The third-order valence-corrected chi connectivity index (χ3v) is 4.40. The highest BCUT2D eigenvalue weighted by Crippen LogP contribution is 2.25. The predicted molar refractivity (Wildman–Crippen MR) is 99.7 cm³/mol. The lowest BCUT2D eigenvalue weighted by Gasteiger charge is -2.08. The van der Waals surface area contributed by atoms with Gasteiger partial charge in [-0.05, 0) is 36.8 Å². The van der Waals surface area contributed by atoms with Gasteiger partial charge in [0.25, 0.3) is 5.69 Å². The van der Waals surface area contributed by atoms with Crippen molar-refractivity contribution in [3.05, 3.63) is 94.2 Å². The molecule has 0 bridgehead atoms. The van der Waals surface area contributed by atoms with Crippen LogP contribution in [-0.2, 0) is 0 Å². The number of benzene rings is 1. The number of nitro groups is 1. The average molecular weight is 358 g/mol. The molecule has 3 aromatic heterocycles. The number of non-ortho nitro benzene ring substituents is 1. The van der Waals surface area contributed by atoms with E-state index in [0.717, 1.165) is 16.7 Å². The molecule has 0 spiro atoms. The molecule has 0 amide bonds. The summed E-state index contributed by atoms with van der Waals surface area (Å²) >= 11 is 0. The van der Waals surface area contributed by atoms with Gasteiger partial charge >= 0.3 is 0 Å². The third-order valence-electron chi connectivity index (χ3n) is 4.40. The van der Waals surface area contributed by atoms with Crippen molar-refractivity contribution in [2.24, 2.45) is 0 Å². The van der Waals surface area contributed by atoms with Crippen molar-refractivity contribution < 1.29 is 9.72 Å². The van der Waals surface area contributed by atoms with E-state index >= 15 is 0 Å². The van der Waals surface area contributed by atoms with E-state index in [1.54, 1.807) is 16.8 Å². The van der Waals surface area contributed by atoms with E-state index in [0.29, 0.717) is 16.9 Å². The SMILES string of the molecule is Cc1cc2ncc(C(=O)c3ccc([N+](=O)[O-])cc3)n2cc1-c1cccnc1. The summed E-state index contributed by atoms with van der Waals surface area (Å²) in [7, 11) is 0. The maximum absolute atomic E-state index is 12.9. The number of hydrogen-bond donors (Lipinski definition) is 0. The monoisotopic (exact) mass is 358 g/mol. The summed E-state index contributed by atoms with van der Waals surface area (Å²) in [6.45, 7) is 1.98. The van der Waals surface area contributed by atoms with E-state index in [4.69, 9.17) is 0 Å². The summed E-state index contributed by atoms with van der Waals surface area (Å²) in [6, 6.07) is 11.3. The van der Waals surface area contributed by atoms with Crippen molar-refractivity contribution in [1.29, 1.82) is 0 Å². The first-order valence-electron chi connectivity index (χ1n) is 8.22. The summed E-state index contributed by atoms with van der Waals surface area (Å²) < 4.78 is 1.74. The van der Waals surface area contributed by atoms with Crippen LogP contribution in [0.4, 0.5) is 5.69 Å². The maximum atomic E-state index is 12.9. The molecule has 0 atom stereocenters. The van der Waals surface area contributed by atoms with Gasteiger partial charge in [-0.3, -0.25) is 24.3 Å². The number of ketones is 1. The summed E-state index contributed by atoms with van der Waals surface area (Å²) in [5.74, 6) is -0.251. The molecule has 3 heterocycles. The number of nitrogens with zero attached hydrogens (tertiary/aromatic N) is 4. The van der Waals surface area contributed by atoms with Gasteiger partial charge in [0, 0.05) is 47.4 Å². The number of aromatic nitrogens is 3. The van der Waals surface area contributed by atoms with Gasteiger partial charge in [-0.2, -0.15) is 0 Å². The highest BCUT2D eigenvalue weighted by atomic mass is 16.6. The van der Waals surface area contributed by atoms with Crippen LogP contribution in [-0.4, -0.2) is 25.1 Å². The minimum absolute atomic E-state index is 0.0563. The summed E-state index contributed by atoms with van der Waals surface area (Å²) in [4.78, 5) is 31.7. The number of pyridine rings is 2. The lowest BCUT2D eigenvalue weighted by atomic mass is 10.0. The third kappa shape index (κ3) is 2.95. The zero-order valence-corrected chi connectivity index (χ0v) is 14.4. The first kappa shape index (κ1) is 16.6. The van der Waals surface area contributed by atoms with Gasteiger partial charge in [-0.1, -0.05) is 6.07 Å². The highest BCUT2D eigenvalue weighted by Gasteiger charge is 2.17. The predicted octanol–water partition coefficient (Wildman–Crippen LogP) is 3.84. The number of hydrogen-bond acceptors (Lipinski definition) is 5. The Kier molecular flexibility index (Phi) is 3.97. The van der Waals surface area contributed by atoms with Crippen LogP contribution in [0.1, 0.15) is 21.6 Å². The number of carbonyl (C=O) groups is 1. The molecule has 0 radical (unpaired) electrons. The topological polar surface area (TPSA) is 90.4 Å². The van der Waals surface area contributed by atoms with Crippen molar-refractivity contribution >= 4 is 17.1 Å². The Balaban J connectivity index is 1.80. The zero-order valence-electron chi connectivity index (χ0n) is 14.4. The van der Waals surface area contributed by atoms with Gasteiger partial charge in [-0.25, -0.2) is 4.98 Å². The molecule has 0 aliphatic carbocycles. The van der Waals surface area contributed by atoms with Gasteiger partial charge in [-0.15, -0.1) is 0 Å². The van der Waals surface area contributed by atoms with E-state index < -0.39 is 4.92 Å². The van der Waals surface area contributed by atoms with Crippen LogP contribution in [0.25, 0.3) is 16.8 Å². The molecule has 0 N–H and O–H groups in total. The average Bonchev–Trinajstić information content (AvgIpc) is 3.10. The second kappa shape index (κ2) is 6.45. The molecule has 1 aromatic carbocycles. The molecule has 4 aromatic rings. The molecule has 0 saturated heterocycles. The van der Waals surface area contributed by atoms with E-state index in [1.165, 1.54) is 30.5 Å². The van der Waals surface area contributed by atoms with Crippen molar-refractivity contribution in [3.63, 3.8) is 0 Å². The van der Waals surface area contributed by atoms with Crippen LogP contribution < -0.4 is 0 Å². The van der Waals surface area contributed by atoms with Crippen molar-refractivity contribution in [2.45, 2.75) is 6.92 Å². The normalized spacial score (nSPS) is 10.9. The van der Waals surface area contributed by atoms with E-state index in [9.17, 15) is 14.9 Å². The molecule has 0 saturated carbocycles. The fraction of sp³-hybridized carbons (Fsp3) is 0.0500. The molecule has 0 aliphatic heterocycles. The molecule has 0 fully saturated rings. The largest absolute Gasteiger partial charge is 0.296 e. The Hall–Kier alpha value is -3.87. The lowest BCUT2D eigenvalue weighted by Crippen LogP contribution is -2.06. The molecule has 132 valence electrons. The van der Waals surface area contributed by atoms with Crippen molar-refractivity contribution in [3.8, 4) is 11.1 Å². The number of nitro benzene ring substituents is 1. The standard InChI is InChI=1S/C20H14N4O3/c1-13-9-19-22-11-18(20(25)14-4-6-16(7-5-14)24(26)27)23(19)12-17(13)15-3-2-8-21-10-15/h2-12H,1H3. The number of aryl methyl sites for hydroxylation is 1. The van der Waals surface area contributed by atoms with Crippen LogP contribution in [0.15, 0.2) is 67.3 Å². The minimum Gasteiger partial charge on any atom is -0.296 e. The summed E-state index contributed by atoms with van der Waals surface area (Å²) in [6.07, 6.45) is 6.86. The van der Waals surface area contributed by atoms with E-state index in [2.05, 4.69) is 9.97 Å².